The van der Waals surface area contributed by atoms with Gasteiger partial charge in [-0.25, -0.2) is 8.42 Å². The Bertz CT molecular complexity index is 999. The number of carbonyl (C=O) groups excluding carboxylic acids is 1. The van der Waals surface area contributed by atoms with Crippen LogP contribution in [0.1, 0.15) is 30.9 Å². The van der Waals surface area contributed by atoms with Crippen molar-refractivity contribution in [2.24, 2.45) is 0 Å². The summed E-state index contributed by atoms with van der Waals surface area (Å²) in [6.07, 6.45) is 0. The number of amides is 1. The SMILES string of the molecule is Cc1cccc(C(C)C)c1NC(=O)C[NH+]1CCN(S(=O)(=O)c2ccc(Cl)cc2)CC1. The number of rotatable bonds is 6. The molecule has 3 rings (SSSR count). The molecule has 0 radical (unpaired) electrons. The molecular weight excluding hydrogens is 422 g/mol. The number of benzene rings is 2. The molecule has 30 heavy (non-hydrogen) atoms. The van der Waals surface area contributed by atoms with Gasteiger partial charge in [0.25, 0.3) is 5.91 Å². The molecule has 162 valence electrons. The third kappa shape index (κ3) is 5.21. The Morgan fingerprint density at radius 3 is 2.37 bits per heavy atom. The van der Waals surface area contributed by atoms with Crippen LogP contribution in [0.15, 0.2) is 47.4 Å². The van der Waals surface area contributed by atoms with Crippen molar-refractivity contribution < 1.29 is 18.1 Å². The summed E-state index contributed by atoms with van der Waals surface area (Å²) in [4.78, 5) is 14.0. The van der Waals surface area contributed by atoms with Crippen LogP contribution in [0.2, 0.25) is 5.02 Å². The van der Waals surface area contributed by atoms with E-state index in [9.17, 15) is 13.2 Å². The molecule has 2 N–H and O–H groups in total. The highest BCUT2D eigenvalue weighted by Crippen LogP contribution is 2.27. The number of carbonyl (C=O) groups is 1. The van der Waals surface area contributed by atoms with E-state index in [1.54, 1.807) is 12.1 Å². The molecule has 0 aromatic heterocycles. The third-order valence-electron chi connectivity index (χ3n) is 5.48. The van der Waals surface area contributed by atoms with Crippen molar-refractivity contribution in [3.63, 3.8) is 0 Å². The summed E-state index contributed by atoms with van der Waals surface area (Å²) in [6.45, 7) is 8.47. The minimum absolute atomic E-state index is 0.0461. The maximum Gasteiger partial charge on any atom is 0.279 e. The predicted octanol–water partition coefficient (Wildman–Crippen LogP) is 2.30. The largest absolute Gasteiger partial charge is 0.325 e. The van der Waals surface area contributed by atoms with Gasteiger partial charge in [0.1, 0.15) is 0 Å². The number of hydrogen-bond donors (Lipinski definition) is 2. The summed E-state index contributed by atoms with van der Waals surface area (Å²) in [5, 5.41) is 3.58. The normalized spacial score (nSPS) is 16.0. The van der Waals surface area contributed by atoms with Gasteiger partial charge in [-0.3, -0.25) is 4.79 Å². The van der Waals surface area contributed by atoms with E-state index >= 15 is 0 Å². The molecule has 1 fully saturated rings. The highest BCUT2D eigenvalue weighted by Gasteiger charge is 2.31. The lowest BCUT2D eigenvalue weighted by molar-refractivity contribution is -0.895. The molecule has 0 saturated carbocycles. The van der Waals surface area contributed by atoms with E-state index in [0.717, 1.165) is 21.7 Å². The number of anilines is 1. The lowest BCUT2D eigenvalue weighted by Crippen LogP contribution is -3.15. The second-order valence-electron chi connectivity index (χ2n) is 8.03. The Labute approximate surface area is 183 Å². The van der Waals surface area contributed by atoms with Crippen molar-refractivity contribution >= 4 is 33.2 Å². The van der Waals surface area contributed by atoms with Gasteiger partial charge in [0.15, 0.2) is 6.54 Å². The molecule has 0 unspecified atom stereocenters. The van der Waals surface area contributed by atoms with Gasteiger partial charge in [-0.2, -0.15) is 4.31 Å². The zero-order chi connectivity index (χ0) is 21.9. The molecule has 1 aliphatic rings. The van der Waals surface area contributed by atoms with E-state index in [4.69, 9.17) is 11.6 Å². The first-order valence-electron chi connectivity index (χ1n) is 10.2. The molecule has 1 saturated heterocycles. The van der Waals surface area contributed by atoms with Gasteiger partial charge in [0.05, 0.1) is 31.1 Å². The maximum atomic E-state index is 12.8. The van der Waals surface area contributed by atoms with Crippen molar-refractivity contribution in [2.45, 2.75) is 31.6 Å². The Morgan fingerprint density at radius 2 is 1.77 bits per heavy atom. The number of nitrogens with zero attached hydrogens (tertiary/aromatic N) is 1. The van der Waals surface area contributed by atoms with Crippen molar-refractivity contribution in [3.8, 4) is 0 Å². The second-order valence-corrected chi connectivity index (χ2v) is 10.4. The number of quaternary nitrogens is 1. The van der Waals surface area contributed by atoms with Gasteiger partial charge in [0, 0.05) is 10.7 Å². The van der Waals surface area contributed by atoms with E-state index in [2.05, 4.69) is 19.2 Å². The fraction of sp³-hybridized carbons (Fsp3) is 0.409. The fourth-order valence-corrected chi connectivity index (χ4v) is 5.30. The summed E-state index contributed by atoms with van der Waals surface area (Å²) in [6, 6.07) is 12.3. The molecule has 1 heterocycles. The van der Waals surface area contributed by atoms with Crippen LogP contribution in [0, 0.1) is 6.92 Å². The van der Waals surface area contributed by atoms with Gasteiger partial charge >= 0.3 is 0 Å². The molecule has 6 nitrogen and oxygen atoms in total. The molecule has 0 spiro atoms. The first-order chi connectivity index (χ1) is 14.2. The second kappa shape index (κ2) is 9.47. The maximum absolute atomic E-state index is 12.8. The summed E-state index contributed by atoms with van der Waals surface area (Å²) in [7, 11) is -3.54. The van der Waals surface area contributed by atoms with Gasteiger partial charge < -0.3 is 10.2 Å². The Balaban J connectivity index is 1.59. The van der Waals surface area contributed by atoms with Crippen LogP contribution < -0.4 is 10.2 Å². The summed E-state index contributed by atoms with van der Waals surface area (Å²) in [5.74, 6) is 0.268. The number of aryl methyl sites for hydroxylation is 1. The summed E-state index contributed by atoms with van der Waals surface area (Å²) < 4.78 is 27.1. The van der Waals surface area contributed by atoms with E-state index in [1.165, 1.54) is 16.4 Å². The van der Waals surface area contributed by atoms with E-state index in [0.29, 0.717) is 43.7 Å². The first kappa shape index (κ1) is 22.7. The average Bonchev–Trinajstić information content (AvgIpc) is 2.70. The minimum atomic E-state index is -3.54. The van der Waals surface area contributed by atoms with Crippen molar-refractivity contribution in [2.75, 3.05) is 38.0 Å². The summed E-state index contributed by atoms with van der Waals surface area (Å²) in [5.41, 5.74) is 3.06. The first-order valence-corrected chi connectivity index (χ1v) is 12.0. The molecular formula is C22H29ClN3O3S+. The number of para-hydroxylation sites is 1. The molecule has 0 bridgehead atoms. The minimum Gasteiger partial charge on any atom is -0.325 e. The highest BCUT2D eigenvalue weighted by molar-refractivity contribution is 7.89. The zero-order valence-electron chi connectivity index (χ0n) is 17.6. The quantitative estimate of drug-likeness (QED) is 0.709. The van der Waals surface area contributed by atoms with E-state index in [-0.39, 0.29) is 10.8 Å². The number of nitrogens with one attached hydrogen (secondary N) is 2. The smallest absolute Gasteiger partial charge is 0.279 e. The van der Waals surface area contributed by atoms with Crippen molar-refractivity contribution in [1.82, 2.24) is 4.31 Å². The Morgan fingerprint density at radius 1 is 1.13 bits per heavy atom. The van der Waals surface area contributed by atoms with Gasteiger partial charge in [-0.1, -0.05) is 43.6 Å². The number of piperazine rings is 1. The van der Waals surface area contributed by atoms with Crippen LogP contribution in [-0.4, -0.2) is 51.4 Å². The number of halogens is 1. The monoisotopic (exact) mass is 450 g/mol. The number of hydrogen-bond acceptors (Lipinski definition) is 3. The van der Waals surface area contributed by atoms with Gasteiger partial charge in [-0.05, 0) is 48.2 Å². The van der Waals surface area contributed by atoms with Crippen molar-refractivity contribution in [3.05, 3.63) is 58.6 Å². The molecule has 2 aromatic carbocycles. The van der Waals surface area contributed by atoms with Crippen molar-refractivity contribution in [1.29, 1.82) is 0 Å². The summed E-state index contributed by atoms with van der Waals surface area (Å²) >= 11 is 5.86. The van der Waals surface area contributed by atoms with Gasteiger partial charge in [0.2, 0.25) is 10.0 Å². The van der Waals surface area contributed by atoms with E-state index in [1.807, 2.05) is 25.1 Å². The molecule has 0 aliphatic carbocycles. The van der Waals surface area contributed by atoms with Crippen LogP contribution in [0.3, 0.4) is 0 Å². The highest BCUT2D eigenvalue weighted by atomic mass is 35.5. The average molecular weight is 451 g/mol. The zero-order valence-corrected chi connectivity index (χ0v) is 19.2. The Hall–Kier alpha value is -1.93. The third-order valence-corrected chi connectivity index (χ3v) is 7.65. The molecule has 1 amide bonds. The molecule has 1 aliphatic heterocycles. The van der Waals surface area contributed by atoms with Crippen LogP contribution >= 0.6 is 11.6 Å². The lowest BCUT2D eigenvalue weighted by Gasteiger charge is -2.31. The Kier molecular flexibility index (Phi) is 7.18. The van der Waals surface area contributed by atoms with Crippen LogP contribution in [-0.2, 0) is 14.8 Å². The van der Waals surface area contributed by atoms with E-state index < -0.39 is 10.0 Å². The van der Waals surface area contributed by atoms with Gasteiger partial charge in [-0.15, -0.1) is 0 Å². The topological polar surface area (TPSA) is 70.9 Å². The van der Waals surface area contributed by atoms with Crippen LogP contribution in [0.25, 0.3) is 0 Å². The predicted molar refractivity (Wildman–Crippen MR) is 120 cm³/mol. The number of sulfonamides is 1. The van der Waals surface area contributed by atoms with Crippen LogP contribution in [0.5, 0.6) is 0 Å². The van der Waals surface area contributed by atoms with Crippen LogP contribution in [0.4, 0.5) is 5.69 Å². The molecule has 8 heteroatoms. The molecule has 2 aromatic rings. The fourth-order valence-electron chi connectivity index (χ4n) is 3.73. The standard InChI is InChI=1S/C22H28ClN3O3S/c1-16(2)20-6-4-5-17(3)22(20)24-21(27)15-25-11-13-26(14-12-25)30(28,29)19-9-7-18(23)8-10-19/h4-10,16H,11-15H2,1-3H3,(H,24,27)/p+1. The molecule has 0 atom stereocenters. The lowest BCUT2D eigenvalue weighted by atomic mass is 9.98.